The molecule has 10 heteroatoms. The Kier molecular flexibility index (Phi) is 7.86. The molecule has 184 valence electrons. The van der Waals surface area contributed by atoms with Crippen LogP contribution < -0.4 is 14.2 Å². The number of hydrogen-bond donors (Lipinski definition) is 0. The highest BCUT2D eigenvalue weighted by molar-refractivity contribution is 8.18. The molecule has 0 aromatic heterocycles. The van der Waals surface area contributed by atoms with E-state index in [0.717, 1.165) is 10.5 Å². The van der Waals surface area contributed by atoms with Gasteiger partial charge in [0.2, 0.25) is 0 Å². The van der Waals surface area contributed by atoms with Crippen LogP contribution in [0.5, 0.6) is 17.2 Å². The summed E-state index contributed by atoms with van der Waals surface area (Å²) in [7, 11) is 1.42. The zero-order chi connectivity index (χ0) is 25.5. The number of carbonyl (C=O) groups is 2. The first-order valence-corrected chi connectivity index (χ1v) is 11.7. The van der Waals surface area contributed by atoms with Crippen molar-refractivity contribution < 1.29 is 28.7 Å². The second-order valence-electron chi connectivity index (χ2n) is 7.59. The zero-order valence-electron chi connectivity index (χ0n) is 19.3. The highest BCUT2D eigenvalue weighted by Crippen LogP contribution is 2.39. The molecule has 0 atom stereocenters. The molecule has 0 bridgehead atoms. The van der Waals surface area contributed by atoms with Gasteiger partial charge in [-0.05, 0) is 41.6 Å². The van der Waals surface area contributed by atoms with Gasteiger partial charge in [-0.15, -0.1) is 0 Å². The summed E-state index contributed by atoms with van der Waals surface area (Å²) in [5.41, 5.74) is 0.726. The Balaban J connectivity index is 1.52. The third kappa shape index (κ3) is 5.84. The molecular formula is C26H22N2O7S. The molecule has 1 aliphatic heterocycles. The lowest BCUT2D eigenvalue weighted by Crippen LogP contribution is -2.32. The monoisotopic (exact) mass is 506 g/mol. The van der Waals surface area contributed by atoms with Gasteiger partial charge in [-0.1, -0.05) is 48.5 Å². The average Bonchev–Trinajstić information content (AvgIpc) is 3.16. The van der Waals surface area contributed by atoms with Gasteiger partial charge in [0.1, 0.15) is 19.0 Å². The Morgan fingerprint density at radius 2 is 1.67 bits per heavy atom. The maximum absolute atomic E-state index is 12.9. The molecule has 0 aliphatic carbocycles. The van der Waals surface area contributed by atoms with Crippen LogP contribution in [0.1, 0.15) is 11.1 Å². The van der Waals surface area contributed by atoms with E-state index in [1.165, 1.54) is 25.3 Å². The van der Waals surface area contributed by atoms with E-state index in [4.69, 9.17) is 14.2 Å². The summed E-state index contributed by atoms with van der Waals surface area (Å²) in [4.78, 5) is 37.7. The standard InChI is InChI=1S/C26H22N2O7S/c1-33-22-14-19(21(28(31)32)16-23(22)35-17-18-8-4-2-5-9-18)15-24-25(29)27(26(30)36-24)12-13-34-20-10-6-3-7-11-20/h2-11,14-16H,12-13,17H2,1H3/b24-15-. The molecule has 1 saturated heterocycles. The first-order chi connectivity index (χ1) is 17.5. The van der Waals surface area contributed by atoms with Crippen LogP contribution in [0.2, 0.25) is 0 Å². The minimum atomic E-state index is -0.571. The fourth-order valence-corrected chi connectivity index (χ4v) is 4.31. The lowest BCUT2D eigenvalue weighted by molar-refractivity contribution is -0.385. The minimum absolute atomic E-state index is 0.0502. The summed E-state index contributed by atoms with van der Waals surface area (Å²) < 4.78 is 16.7. The molecule has 4 rings (SSSR count). The summed E-state index contributed by atoms with van der Waals surface area (Å²) in [6, 6.07) is 21.1. The van der Waals surface area contributed by atoms with E-state index in [-0.39, 0.29) is 47.4 Å². The van der Waals surface area contributed by atoms with Gasteiger partial charge in [0.15, 0.2) is 11.5 Å². The van der Waals surface area contributed by atoms with Crippen molar-refractivity contribution in [3.05, 3.63) is 98.9 Å². The first-order valence-electron chi connectivity index (χ1n) is 10.9. The van der Waals surface area contributed by atoms with E-state index in [9.17, 15) is 19.7 Å². The van der Waals surface area contributed by atoms with E-state index in [1.807, 2.05) is 48.5 Å². The topological polar surface area (TPSA) is 108 Å². The molecule has 3 aromatic rings. The summed E-state index contributed by atoms with van der Waals surface area (Å²) in [5.74, 6) is 0.534. The van der Waals surface area contributed by atoms with Crippen molar-refractivity contribution in [1.29, 1.82) is 0 Å². The summed E-state index contributed by atoms with van der Waals surface area (Å²) in [6.07, 6.45) is 1.32. The number of para-hydroxylation sites is 1. The Labute approximate surface area is 211 Å². The molecule has 3 aromatic carbocycles. The van der Waals surface area contributed by atoms with Gasteiger partial charge in [0.05, 0.1) is 35.1 Å². The van der Waals surface area contributed by atoms with E-state index < -0.39 is 16.1 Å². The van der Waals surface area contributed by atoms with Crippen LogP contribution in [0.4, 0.5) is 10.5 Å². The number of benzene rings is 3. The second-order valence-corrected chi connectivity index (χ2v) is 8.58. The summed E-state index contributed by atoms with van der Waals surface area (Å²) in [6.45, 7) is 0.364. The highest BCUT2D eigenvalue weighted by atomic mass is 32.2. The van der Waals surface area contributed by atoms with Crippen LogP contribution in [-0.2, 0) is 11.4 Å². The molecule has 1 fully saturated rings. The lowest BCUT2D eigenvalue weighted by Gasteiger charge is -2.13. The van der Waals surface area contributed by atoms with Gasteiger partial charge in [-0.2, -0.15) is 0 Å². The number of imide groups is 1. The van der Waals surface area contributed by atoms with Crippen LogP contribution >= 0.6 is 11.8 Å². The van der Waals surface area contributed by atoms with Crippen molar-refractivity contribution in [2.24, 2.45) is 0 Å². The number of nitro benzene ring substituents is 1. The SMILES string of the molecule is COc1cc(/C=C2\SC(=O)N(CCOc3ccccc3)C2=O)c([N+](=O)[O-])cc1OCc1ccccc1. The fraction of sp³-hybridized carbons (Fsp3) is 0.154. The van der Waals surface area contributed by atoms with Crippen LogP contribution in [0, 0.1) is 10.1 Å². The Morgan fingerprint density at radius 1 is 0.972 bits per heavy atom. The van der Waals surface area contributed by atoms with Gasteiger partial charge in [0.25, 0.3) is 16.8 Å². The molecule has 0 unspecified atom stereocenters. The number of carbonyl (C=O) groups excluding carboxylic acids is 2. The number of methoxy groups -OCH3 is 1. The van der Waals surface area contributed by atoms with E-state index in [1.54, 1.807) is 12.1 Å². The Morgan fingerprint density at radius 3 is 2.33 bits per heavy atom. The number of ether oxygens (including phenoxy) is 3. The van der Waals surface area contributed by atoms with E-state index in [0.29, 0.717) is 17.5 Å². The van der Waals surface area contributed by atoms with Crippen molar-refractivity contribution in [1.82, 2.24) is 4.90 Å². The number of rotatable bonds is 10. The summed E-state index contributed by atoms with van der Waals surface area (Å²) in [5, 5.41) is 11.3. The largest absolute Gasteiger partial charge is 0.493 e. The maximum atomic E-state index is 12.9. The smallest absolute Gasteiger partial charge is 0.293 e. The van der Waals surface area contributed by atoms with Gasteiger partial charge < -0.3 is 14.2 Å². The lowest BCUT2D eigenvalue weighted by atomic mass is 10.1. The van der Waals surface area contributed by atoms with Crippen LogP contribution in [-0.4, -0.2) is 41.2 Å². The normalized spacial score (nSPS) is 14.2. The summed E-state index contributed by atoms with van der Waals surface area (Å²) >= 11 is 0.717. The van der Waals surface area contributed by atoms with Crippen molar-refractivity contribution >= 4 is 34.7 Å². The van der Waals surface area contributed by atoms with Crippen molar-refractivity contribution in [2.45, 2.75) is 6.61 Å². The number of amides is 2. The van der Waals surface area contributed by atoms with Crippen molar-refractivity contribution in [2.75, 3.05) is 20.3 Å². The predicted octanol–water partition coefficient (Wildman–Crippen LogP) is 5.30. The molecule has 1 heterocycles. The molecule has 9 nitrogen and oxygen atoms in total. The number of nitrogens with zero attached hydrogens (tertiary/aromatic N) is 2. The van der Waals surface area contributed by atoms with Gasteiger partial charge in [0, 0.05) is 0 Å². The van der Waals surface area contributed by atoms with Gasteiger partial charge >= 0.3 is 0 Å². The molecule has 0 spiro atoms. The molecule has 0 N–H and O–H groups in total. The van der Waals surface area contributed by atoms with Crippen molar-refractivity contribution in [3.63, 3.8) is 0 Å². The minimum Gasteiger partial charge on any atom is -0.493 e. The average molecular weight is 507 g/mol. The Hall–Kier alpha value is -4.31. The van der Waals surface area contributed by atoms with Crippen molar-refractivity contribution in [3.8, 4) is 17.2 Å². The van der Waals surface area contributed by atoms with Gasteiger partial charge in [-0.3, -0.25) is 24.6 Å². The highest BCUT2D eigenvalue weighted by Gasteiger charge is 2.35. The molecular weight excluding hydrogens is 484 g/mol. The number of thioether (sulfide) groups is 1. The number of hydrogen-bond acceptors (Lipinski definition) is 8. The van der Waals surface area contributed by atoms with E-state index >= 15 is 0 Å². The molecule has 0 radical (unpaired) electrons. The predicted molar refractivity (Wildman–Crippen MR) is 135 cm³/mol. The van der Waals surface area contributed by atoms with Crippen LogP contribution in [0.25, 0.3) is 6.08 Å². The first kappa shape index (κ1) is 24.8. The van der Waals surface area contributed by atoms with Crippen LogP contribution in [0.15, 0.2) is 77.7 Å². The molecule has 36 heavy (non-hydrogen) atoms. The maximum Gasteiger partial charge on any atom is 0.293 e. The molecule has 2 amide bonds. The quantitative estimate of drug-likeness (QED) is 0.207. The fourth-order valence-electron chi connectivity index (χ4n) is 3.45. The second kappa shape index (κ2) is 11.4. The van der Waals surface area contributed by atoms with E-state index in [2.05, 4.69) is 0 Å². The number of nitro groups is 1. The molecule has 0 saturated carbocycles. The third-order valence-corrected chi connectivity index (χ3v) is 6.14. The molecule has 1 aliphatic rings. The van der Waals surface area contributed by atoms with Gasteiger partial charge in [-0.25, -0.2) is 0 Å². The Bertz CT molecular complexity index is 1300. The third-order valence-electron chi connectivity index (χ3n) is 5.23. The zero-order valence-corrected chi connectivity index (χ0v) is 20.1. The van der Waals surface area contributed by atoms with Crippen LogP contribution in [0.3, 0.4) is 0 Å².